The molecule has 6 amide bonds. The normalized spacial score (nSPS) is 15.7. The van der Waals surface area contributed by atoms with Gasteiger partial charge in [0.2, 0.25) is 29.6 Å². The molecule has 0 radical (unpaired) electrons. The topological polar surface area (TPSA) is 254 Å². The fourth-order valence-electron chi connectivity index (χ4n) is 7.21. The number of nitrogens with zero attached hydrogens (tertiary/aromatic N) is 2. The van der Waals surface area contributed by atoms with Crippen LogP contribution in [0, 0.1) is 11.6 Å². The average Bonchev–Trinajstić information content (AvgIpc) is 3.91. The second-order valence-electron chi connectivity index (χ2n) is 16.3. The molecule has 2 aliphatic heterocycles. The van der Waals surface area contributed by atoms with E-state index in [1.54, 1.807) is 30.3 Å². The van der Waals surface area contributed by atoms with E-state index in [9.17, 15) is 32.8 Å². The zero-order chi connectivity index (χ0) is 50.5. The summed E-state index contributed by atoms with van der Waals surface area (Å²) in [4.78, 5) is 67.6. The van der Waals surface area contributed by atoms with Crippen molar-refractivity contribution < 1.29 is 56.4 Å². The first-order valence-corrected chi connectivity index (χ1v) is 24.9. The summed E-state index contributed by atoms with van der Waals surface area (Å²) in [7, 11) is 0. The molecule has 388 valence electrons. The molecule has 1 aromatic heterocycles. The number of hydrogen-bond acceptors (Lipinski definition) is 15. The van der Waals surface area contributed by atoms with Crippen molar-refractivity contribution in [3.8, 4) is 5.75 Å². The number of anilines is 5. The van der Waals surface area contributed by atoms with Crippen LogP contribution >= 0.6 is 11.8 Å². The number of rotatable bonds is 36. The van der Waals surface area contributed by atoms with Crippen LogP contribution in [0.1, 0.15) is 57.8 Å². The van der Waals surface area contributed by atoms with Gasteiger partial charge >= 0.3 is 6.03 Å². The van der Waals surface area contributed by atoms with E-state index in [1.807, 2.05) is 11.8 Å². The van der Waals surface area contributed by atoms with Gasteiger partial charge in [-0.2, -0.15) is 16.7 Å². The molecule has 3 atom stereocenters. The van der Waals surface area contributed by atoms with Crippen molar-refractivity contribution in [3.05, 3.63) is 73.0 Å². The molecule has 20 nitrogen and oxygen atoms in total. The average molecular weight is 1010 g/mol. The van der Waals surface area contributed by atoms with E-state index in [4.69, 9.17) is 23.7 Å². The van der Waals surface area contributed by atoms with E-state index in [0.29, 0.717) is 94.3 Å². The van der Waals surface area contributed by atoms with Gasteiger partial charge in [0.05, 0.1) is 57.9 Å². The lowest BCUT2D eigenvalue weighted by molar-refractivity contribution is -0.123. The van der Waals surface area contributed by atoms with E-state index in [1.165, 1.54) is 12.1 Å². The highest BCUT2D eigenvalue weighted by Gasteiger charge is 2.42. The maximum Gasteiger partial charge on any atom is 0.315 e. The van der Waals surface area contributed by atoms with Gasteiger partial charge < -0.3 is 66.2 Å². The number of carbonyl (C=O) groups is 5. The van der Waals surface area contributed by atoms with Crippen LogP contribution in [0.5, 0.6) is 5.75 Å². The molecule has 2 aromatic carbocycles. The van der Waals surface area contributed by atoms with Crippen molar-refractivity contribution in [2.75, 3.05) is 101 Å². The number of carbonyl (C=O) groups excluding carboxylic acids is 5. The predicted molar refractivity (Wildman–Crippen MR) is 265 cm³/mol. The highest BCUT2D eigenvalue weighted by molar-refractivity contribution is 8.00. The van der Waals surface area contributed by atoms with E-state index in [-0.39, 0.29) is 92.6 Å². The number of halogens is 2. The largest absolute Gasteiger partial charge is 0.488 e. The van der Waals surface area contributed by atoms with Gasteiger partial charge in [0.25, 0.3) is 0 Å². The van der Waals surface area contributed by atoms with Gasteiger partial charge in [0.1, 0.15) is 6.61 Å². The van der Waals surface area contributed by atoms with Crippen molar-refractivity contribution in [1.29, 1.82) is 0 Å². The number of benzene rings is 2. The Bertz CT molecular complexity index is 2180. The van der Waals surface area contributed by atoms with Crippen LogP contribution < -0.4 is 47.3 Å². The Morgan fingerprint density at radius 3 is 2.04 bits per heavy atom. The molecule has 3 heterocycles. The van der Waals surface area contributed by atoms with Gasteiger partial charge in [-0.15, -0.1) is 0 Å². The number of fused-ring (bicyclic) bond motifs is 1. The Morgan fingerprint density at radius 1 is 0.704 bits per heavy atom. The smallest absolute Gasteiger partial charge is 0.315 e. The van der Waals surface area contributed by atoms with Gasteiger partial charge in [-0.25, -0.2) is 18.6 Å². The number of aromatic nitrogens is 2. The molecular weight excluding hydrogens is 947 g/mol. The molecule has 0 bridgehead atoms. The highest BCUT2D eigenvalue weighted by atomic mass is 32.2. The lowest BCUT2D eigenvalue weighted by atomic mass is 10.0. The third kappa shape index (κ3) is 21.8. The molecule has 2 saturated heterocycles. The van der Waals surface area contributed by atoms with Crippen molar-refractivity contribution in [2.45, 2.75) is 75.1 Å². The molecule has 0 spiro atoms. The van der Waals surface area contributed by atoms with Crippen molar-refractivity contribution >= 4 is 70.3 Å². The van der Waals surface area contributed by atoms with Gasteiger partial charge in [-0.05, 0) is 68.5 Å². The van der Waals surface area contributed by atoms with Crippen molar-refractivity contribution in [3.63, 3.8) is 0 Å². The van der Waals surface area contributed by atoms with Crippen molar-refractivity contribution in [2.24, 2.45) is 0 Å². The monoisotopic (exact) mass is 1010 g/mol. The Kier molecular flexibility index (Phi) is 25.1. The fraction of sp³-hybridized carbons (Fsp3) is 0.521. The summed E-state index contributed by atoms with van der Waals surface area (Å²) in [6.07, 6.45) is 7.56. The van der Waals surface area contributed by atoms with E-state index >= 15 is 0 Å². The molecule has 3 unspecified atom stereocenters. The summed E-state index contributed by atoms with van der Waals surface area (Å²) in [6.45, 7) is 7.86. The fourth-order valence-corrected chi connectivity index (χ4v) is 8.76. The van der Waals surface area contributed by atoms with Crippen LogP contribution in [-0.4, -0.2) is 142 Å². The number of ether oxygens (including phenoxy) is 5. The molecule has 0 aliphatic carbocycles. The lowest BCUT2D eigenvalue weighted by Gasteiger charge is -2.16. The van der Waals surface area contributed by atoms with Crippen LogP contribution in [0.3, 0.4) is 0 Å². The third-order valence-corrected chi connectivity index (χ3v) is 12.3. The molecule has 2 fully saturated rings. The summed E-state index contributed by atoms with van der Waals surface area (Å²) in [5, 5.41) is 23.2. The number of nitrogens with one attached hydrogen (secondary N) is 8. The Hall–Kier alpha value is -6.14. The molecule has 2 aliphatic rings. The first kappa shape index (κ1) is 55.8. The summed E-state index contributed by atoms with van der Waals surface area (Å²) < 4.78 is 56.9. The van der Waals surface area contributed by atoms with E-state index in [0.717, 1.165) is 43.7 Å². The second-order valence-corrected chi connectivity index (χ2v) is 17.6. The summed E-state index contributed by atoms with van der Waals surface area (Å²) in [6, 6.07) is 11.1. The first-order valence-electron chi connectivity index (χ1n) is 23.9. The first-order chi connectivity index (χ1) is 34.6. The second kappa shape index (κ2) is 32.0. The van der Waals surface area contributed by atoms with Crippen molar-refractivity contribution in [1.82, 2.24) is 36.6 Å². The van der Waals surface area contributed by atoms with Gasteiger partial charge in [0, 0.05) is 86.2 Å². The van der Waals surface area contributed by atoms with Crippen LogP contribution in [0.4, 0.5) is 42.4 Å². The maximum absolute atomic E-state index is 14.8. The summed E-state index contributed by atoms with van der Waals surface area (Å²) in [5.41, 5.74) is 1.21. The standard InChI is InChI=1S/C48H66F2N10O10S/c1-2-41(61)55-33-9-5-10-34(29-33)56-46-37(50)31-54-47(60-46)57-35-15-16-39(36(49)30-35)70-28-27-68-22-19-53-44(64)14-6-13-43(63)52-18-8-21-67-24-26-69-25-23-66-20-7-17-51-42(62)12-4-3-11-40-45-38(32-71-40)58-48(65)59-45/h2,5,9-10,15-16,29-31,38,40,45H,1,3-4,6-8,11-14,17-28,32H2,(H,51,62)(H,52,63)(H,53,64)(H,55,61)(H2,58,59,65)(H2,54,56,57,60). The Labute approximate surface area is 416 Å². The van der Waals surface area contributed by atoms with Crippen LogP contribution in [0.2, 0.25) is 0 Å². The Morgan fingerprint density at radius 2 is 1.34 bits per heavy atom. The Balaban J connectivity index is 0.763. The molecule has 8 N–H and O–H groups in total. The number of thioether (sulfide) groups is 1. The molecule has 71 heavy (non-hydrogen) atoms. The maximum atomic E-state index is 14.8. The quantitative estimate of drug-likeness (QED) is 0.0221. The highest BCUT2D eigenvalue weighted by Crippen LogP contribution is 2.33. The molecule has 3 aromatic rings. The minimum Gasteiger partial charge on any atom is -0.488 e. The SMILES string of the molecule is C=CC(=O)Nc1cccc(Nc2nc(Nc3ccc(OCCOCCNC(=O)CCCC(=O)NCCCOCCOCCOCCCNC(=O)CCCCC4SCC5NC(=O)NC54)c(F)c3)ncc2F)c1. The number of hydrogen-bond donors (Lipinski definition) is 8. The van der Waals surface area contributed by atoms with Gasteiger partial charge in [-0.1, -0.05) is 19.1 Å². The van der Waals surface area contributed by atoms with Gasteiger partial charge in [-0.3, -0.25) is 19.2 Å². The predicted octanol–water partition coefficient (Wildman–Crippen LogP) is 4.84. The molecule has 23 heteroatoms. The third-order valence-electron chi connectivity index (χ3n) is 10.8. The number of urea groups is 1. The zero-order valence-electron chi connectivity index (χ0n) is 39.8. The minimum atomic E-state index is -0.730. The summed E-state index contributed by atoms with van der Waals surface area (Å²) in [5.74, 6) is -1.29. The van der Waals surface area contributed by atoms with E-state index < -0.39 is 17.5 Å². The summed E-state index contributed by atoms with van der Waals surface area (Å²) >= 11 is 1.89. The van der Waals surface area contributed by atoms with Crippen LogP contribution in [0.25, 0.3) is 0 Å². The molecular formula is C48H66F2N10O10S. The lowest BCUT2D eigenvalue weighted by Crippen LogP contribution is -2.36. The number of amides is 6. The van der Waals surface area contributed by atoms with Gasteiger partial charge in [0.15, 0.2) is 23.2 Å². The van der Waals surface area contributed by atoms with Crippen LogP contribution in [-0.2, 0) is 38.1 Å². The minimum absolute atomic E-state index is 0.00120. The van der Waals surface area contributed by atoms with E-state index in [2.05, 4.69) is 59.1 Å². The zero-order valence-corrected chi connectivity index (χ0v) is 40.6. The molecule has 5 rings (SSSR count). The van der Waals surface area contributed by atoms with Crippen LogP contribution in [0.15, 0.2) is 61.3 Å². The molecule has 0 saturated carbocycles. The number of unbranched alkanes of at least 4 members (excludes halogenated alkanes) is 1.